The number of nitrogens with zero attached hydrogens (tertiary/aromatic N) is 6. The number of fused-ring (bicyclic) bond motifs is 3. The van der Waals surface area contributed by atoms with E-state index in [1.54, 1.807) is 13.3 Å². The van der Waals surface area contributed by atoms with Crippen molar-refractivity contribution >= 4 is 33.6 Å². The number of rotatable bonds is 4. The molecule has 0 unspecified atom stereocenters. The van der Waals surface area contributed by atoms with Crippen LogP contribution in [0.3, 0.4) is 0 Å². The van der Waals surface area contributed by atoms with E-state index in [2.05, 4.69) is 19.9 Å². The van der Waals surface area contributed by atoms with Crippen LogP contribution in [0.25, 0.3) is 32.9 Å². The highest BCUT2D eigenvalue weighted by Crippen LogP contribution is 2.40. The van der Waals surface area contributed by atoms with Gasteiger partial charge in [0.1, 0.15) is 5.82 Å². The van der Waals surface area contributed by atoms with Crippen molar-refractivity contribution in [1.29, 1.82) is 0 Å². The van der Waals surface area contributed by atoms with Gasteiger partial charge in [0.05, 0.1) is 36.2 Å². The summed E-state index contributed by atoms with van der Waals surface area (Å²) in [7, 11) is 8.94. The molecule has 144 valence electrons. The number of anilines is 2. The molecule has 0 amide bonds. The first-order valence-corrected chi connectivity index (χ1v) is 8.62. The van der Waals surface area contributed by atoms with Crippen molar-refractivity contribution in [1.82, 2.24) is 24.5 Å². The largest absolute Gasteiger partial charge is 0.480 e. The Morgan fingerprint density at radius 2 is 1.86 bits per heavy atom. The van der Waals surface area contributed by atoms with Crippen LogP contribution in [-0.2, 0) is 7.05 Å². The van der Waals surface area contributed by atoms with Crippen molar-refractivity contribution in [3.05, 3.63) is 24.5 Å². The van der Waals surface area contributed by atoms with Gasteiger partial charge in [0, 0.05) is 44.5 Å². The van der Waals surface area contributed by atoms with Crippen LogP contribution in [0.5, 0.6) is 11.9 Å². The standard InChI is InChI=1S/C19H21N7O2/c1-25(2)16-14-10-6-7-26(3)15(10)11(8-13(14)22-18(20)23-16)12-9-21-19(28-5)24-17(12)27-4/h6-9H,1-5H3,(H2,20,22,23). The van der Waals surface area contributed by atoms with Gasteiger partial charge in [-0.25, -0.2) is 9.97 Å². The summed E-state index contributed by atoms with van der Waals surface area (Å²) in [5.74, 6) is 1.40. The fourth-order valence-corrected chi connectivity index (χ4v) is 3.44. The summed E-state index contributed by atoms with van der Waals surface area (Å²) in [5, 5.41) is 1.95. The molecule has 0 aliphatic carbocycles. The number of hydrogen-bond donors (Lipinski definition) is 1. The van der Waals surface area contributed by atoms with Crippen molar-refractivity contribution in [3.63, 3.8) is 0 Å². The fourth-order valence-electron chi connectivity index (χ4n) is 3.44. The van der Waals surface area contributed by atoms with Crippen LogP contribution in [0.2, 0.25) is 0 Å². The molecule has 0 fully saturated rings. The Morgan fingerprint density at radius 1 is 1.07 bits per heavy atom. The van der Waals surface area contributed by atoms with E-state index in [0.717, 1.165) is 38.8 Å². The normalized spacial score (nSPS) is 11.2. The maximum atomic E-state index is 5.97. The van der Waals surface area contributed by atoms with Crippen molar-refractivity contribution in [2.75, 3.05) is 38.9 Å². The van der Waals surface area contributed by atoms with Crippen LogP contribution in [-0.4, -0.2) is 52.8 Å². The molecule has 3 heterocycles. The van der Waals surface area contributed by atoms with Crippen molar-refractivity contribution < 1.29 is 9.47 Å². The predicted molar refractivity (Wildman–Crippen MR) is 109 cm³/mol. The van der Waals surface area contributed by atoms with Crippen molar-refractivity contribution in [3.8, 4) is 23.0 Å². The van der Waals surface area contributed by atoms with E-state index in [1.807, 2.05) is 48.9 Å². The Balaban J connectivity index is 2.14. The molecule has 0 spiro atoms. The van der Waals surface area contributed by atoms with Gasteiger partial charge in [0.15, 0.2) is 0 Å². The molecule has 4 aromatic rings. The minimum absolute atomic E-state index is 0.218. The van der Waals surface area contributed by atoms with Crippen LogP contribution in [0.1, 0.15) is 0 Å². The number of aryl methyl sites for hydroxylation is 1. The third-order valence-corrected chi connectivity index (χ3v) is 4.63. The Bertz CT molecular complexity index is 1200. The van der Waals surface area contributed by atoms with E-state index in [9.17, 15) is 0 Å². The maximum absolute atomic E-state index is 5.97. The average molecular weight is 379 g/mol. The zero-order valence-electron chi connectivity index (χ0n) is 16.4. The summed E-state index contributed by atoms with van der Waals surface area (Å²) in [6.07, 6.45) is 3.69. The Hall–Kier alpha value is -3.62. The molecular weight excluding hydrogens is 358 g/mol. The third-order valence-electron chi connectivity index (χ3n) is 4.63. The average Bonchev–Trinajstić information content (AvgIpc) is 3.07. The molecule has 0 bridgehead atoms. The lowest BCUT2D eigenvalue weighted by atomic mass is 10.0. The van der Waals surface area contributed by atoms with Gasteiger partial charge in [0.2, 0.25) is 11.8 Å². The maximum Gasteiger partial charge on any atom is 0.319 e. The topological polar surface area (TPSA) is 104 Å². The van der Waals surface area contributed by atoms with Crippen LogP contribution in [0, 0.1) is 0 Å². The monoisotopic (exact) mass is 379 g/mol. The van der Waals surface area contributed by atoms with Gasteiger partial charge < -0.3 is 24.7 Å². The van der Waals surface area contributed by atoms with Crippen molar-refractivity contribution in [2.24, 2.45) is 7.05 Å². The molecule has 0 saturated carbocycles. The second-order valence-electron chi connectivity index (χ2n) is 6.59. The molecule has 1 aromatic carbocycles. The first-order chi connectivity index (χ1) is 13.4. The lowest BCUT2D eigenvalue weighted by Crippen LogP contribution is -2.13. The molecule has 0 atom stereocenters. The molecular formula is C19H21N7O2. The van der Waals surface area contributed by atoms with Gasteiger partial charge in [-0.2, -0.15) is 9.97 Å². The molecule has 0 aliphatic heterocycles. The SMILES string of the molecule is COc1ncc(-c2cc3nc(N)nc(N(C)C)c3c3ccn(C)c23)c(OC)n1. The smallest absolute Gasteiger partial charge is 0.319 e. The molecule has 9 nitrogen and oxygen atoms in total. The van der Waals surface area contributed by atoms with E-state index in [4.69, 9.17) is 15.2 Å². The van der Waals surface area contributed by atoms with Gasteiger partial charge in [0.25, 0.3) is 0 Å². The lowest BCUT2D eigenvalue weighted by Gasteiger charge is -2.17. The molecule has 4 rings (SSSR count). The quantitative estimate of drug-likeness (QED) is 0.576. The van der Waals surface area contributed by atoms with Crippen LogP contribution < -0.4 is 20.1 Å². The van der Waals surface area contributed by atoms with E-state index < -0.39 is 0 Å². The molecule has 0 radical (unpaired) electrons. The first kappa shape index (κ1) is 17.8. The fraction of sp³-hybridized carbons (Fsp3) is 0.263. The zero-order chi connectivity index (χ0) is 20.0. The van der Waals surface area contributed by atoms with Crippen LogP contribution >= 0.6 is 0 Å². The van der Waals surface area contributed by atoms with E-state index in [-0.39, 0.29) is 12.0 Å². The third kappa shape index (κ3) is 2.63. The highest BCUT2D eigenvalue weighted by atomic mass is 16.5. The second-order valence-corrected chi connectivity index (χ2v) is 6.59. The summed E-state index contributed by atoms with van der Waals surface area (Å²) in [6, 6.07) is 4.26. The highest BCUT2D eigenvalue weighted by Gasteiger charge is 2.20. The minimum Gasteiger partial charge on any atom is -0.480 e. The zero-order valence-corrected chi connectivity index (χ0v) is 16.4. The van der Waals surface area contributed by atoms with Gasteiger partial charge in [-0.15, -0.1) is 0 Å². The number of benzene rings is 1. The van der Waals surface area contributed by atoms with Crippen LogP contribution in [0.4, 0.5) is 11.8 Å². The Kier molecular flexibility index (Phi) is 4.14. The number of nitrogens with two attached hydrogens (primary N) is 1. The summed E-state index contributed by atoms with van der Waals surface area (Å²) >= 11 is 0. The van der Waals surface area contributed by atoms with Crippen molar-refractivity contribution in [2.45, 2.75) is 0 Å². The number of nitrogen functional groups attached to an aromatic ring is 1. The molecule has 2 N–H and O–H groups in total. The molecule has 28 heavy (non-hydrogen) atoms. The Labute approximate surface area is 161 Å². The van der Waals surface area contributed by atoms with Crippen LogP contribution in [0.15, 0.2) is 24.5 Å². The Morgan fingerprint density at radius 3 is 2.54 bits per heavy atom. The summed E-state index contributed by atoms with van der Waals surface area (Å²) in [6.45, 7) is 0. The minimum atomic E-state index is 0.218. The number of hydrogen-bond acceptors (Lipinski definition) is 8. The van der Waals surface area contributed by atoms with E-state index in [0.29, 0.717) is 5.88 Å². The first-order valence-electron chi connectivity index (χ1n) is 8.62. The predicted octanol–water partition coefficient (Wildman–Crippen LogP) is 2.24. The summed E-state index contributed by atoms with van der Waals surface area (Å²) in [4.78, 5) is 19.4. The number of methoxy groups -OCH3 is 2. The second kappa shape index (κ2) is 6.52. The molecule has 0 saturated heterocycles. The van der Waals surface area contributed by atoms with Gasteiger partial charge in [-0.1, -0.05) is 0 Å². The van der Waals surface area contributed by atoms with Gasteiger partial charge in [-0.3, -0.25) is 0 Å². The summed E-state index contributed by atoms with van der Waals surface area (Å²) in [5.41, 5.74) is 9.33. The van der Waals surface area contributed by atoms with E-state index >= 15 is 0 Å². The number of ether oxygens (including phenoxy) is 2. The molecule has 9 heteroatoms. The molecule has 0 aliphatic rings. The number of aromatic nitrogens is 5. The van der Waals surface area contributed by atoms with Gasteiger partial charge in [-0.05, 0) is 12.1 Å². The van der Waals surface area contributed by atoms with Gasteiger partial charge >= 0.3 is 6.01 Å². The summed E-state index contributed by atoms with van der Waals surface area (Å²) < 4.78 is 12.7. The van der Waals surface area contributed by atoms with E-state index in [1.165, 1.54) is 7.11 Å². The highest BCUT2D eigenvalue weighted by molar-refractivity contribution is 6.16. The molecule has 3 aromatic heterocycles. The lowest BCUT2D eigenvalue weighted by molar-refractivity contribution is 0.353.